The lowest BCUT2D eigenvalue weighted by atomic mass is 9.89. The highest BCUT2D eigenvalue weighted by molar-refractivity contribution is 6.13. The number of para-hydroxylation sites is 4. The average Bonchev–Trinajstić information content (AvgIpc) is 4.06. The largest absolute Gasteiger partial charge is 0.344 e. The van der Waals surface area contributed by atoms with Gasteiger partial charge < -0.3 is 18.3 Å². The van der Waals surface area contributed by atoms with E-state index in [0.29, 0.717) is 0 Å². The fraction of sp³-hybridized carbons (Fsp3) is 0.0625. The van der Waals surface area contributed by atoms with Gasteiger partial charge >= 0.3 is 0 Å². The Morgan fingerprint density at radius 2 is 0.368 bits per heavy atom. The Balaban J connectivity index is 1.02. The molecule has 0 bridgehead atoms. The van der Waals surface area contributed by atoms with Crippen LogP contribution in [0.5, 0.6) is 0 Å². The lowest BCUT2D eigenvalue weighted by Gasteiger charge is -2.15. The van der Waals surface area contributed by atoms with Crippen molar-refractivity contribution in [1.82, 2.24) is 18.3 Å². The number of benzene rings is 10. The van der Waals surface area contributed by atoms with Gasteiger partial charge in [-0.15, -0.1) is 0 Å². The first-order chi connectivity index (χ1) is 33.3. The molecule has 0 amide bonds. The second kappa shape index (κ2) is 14.4. The van der Waals surface area contributed by atoms with Crippen LogP contribution in [0.1, 0.15) is 0 Å². The van der Waals surface area contributed by atoms with Crippen molar-refractivity contribution in [3.63, 3.8) is 0 Å². The van der Waals surface area contributed by atoms with Crippen LogP contribution < -0.4 is 0 Å². The Labute approximate surface area is 393 Å². The molecule has 0 aliphatic carbocycles. The van der Waals surface area contributed by atoms with Crippen LogP contribution in [0.25, 0.3) is 143 Å². The number of fused-ring (bicyclic) bond motifs is 12. The maximum atomic E-state index is 2.41. The van der Waals surface area contributed by atoms with E-state index in [1.165, 1.54) is 143 Å². The summed E-state index contributed by atoms with van der Waals surface area (Å²) in [7, 11) is 8.69. The van der Waals surface area contributed by atoms with E-state index < -0.39 is 0 Å². The minimum Gasteiger partial charge on any atom is -0.344 e. The molecule has 14 aromatic rings. The SMILES string of the molecule is Cn1c2ccccc2c2cc(-c3cc(-c4cc(-c5ccc6c(c5)c5ccccc5n6C)cc(-c5ccc6c(c5)c5ccccc5n6C)c4)cc(-c4ccc5c(c4)c4ccccc4n5C)c3)ccc21. The smallest absolute Gasteiger partial charge is 0.0489 e. The van der Waals surface area contributed by atoms with E-state index in [1.807, 2.05) is 0 Å². The van der Waals surface area contributed by atoms with E-state index in [9.17, 15) is 0 Å². The molecule has 0 aliphatic heterocycles. The fourth-order valence-corrected chi connectivity index (χ4v) is 11.6. The topological polar surface area (TPSA) is 19.7 Å². The molecule has 0 fully saturated rings. The number of aromatic nitrogens is 4. The van der Waals surface area contributed by atoms with Crippen molar-refractivity contribution in [2.24, 2.45) is 28.2 Å². The molecule has 4 aromatic heterocycles. The van der Waals surface area contributed by atoms with Gasteiger partial charge in [0.05, 0.1) is 0 Å². The quantitative estimate of drug-likeness (QED) is 0.164. The maximum absolute atomic E-state index is 2.41. The van der Waals surface area contributed by atoms with Crippen LogP contribution in [-0.4, -0.2) is 18.3 Å². The molecule has 0 aliphatic rings. The van der Waals surface area contributed by atoms with Crippen molar-refractivity contribution in [3.8, 4) is 55.6 Å². The summed E-state index contributed by atoms with van der Waals surface area (Å²) in [4.78, 5) is 0. The molecule has 322 valence electrons. The Kier molecular flexibility index (Phi) is 8.21. The predicted octanol–water partition coefficient (Wildman–Crippen LogP) is 16.6. The standard InChI is InChI=1S/C64H46N4/c1-65-57-17-9-5-13-49(57)53-35-39(21-25-61(53)65)43-29-44(40-22-26-62-54(36-40)50-14-6-10-18-58(50)66(62)2)32-47(31-43)48-33-45(41-23-27-63-55(37-41)51-15-7-11-19-59(51)67(63)3)30-46(34-48)42-24-28-64-56(38-42)52-16-8-12-20-60(52)68(64)4/h5-38H,1-4H3. The molecular weight excluding hydrogens is 825 g/mol. The molecule has 0 N–H and O–H groups in total. The molecule has 68 heavy (non-hydrogen) atoms. The highest BCUT2D eigenvalue weighted by Gasteiger charge is 2.18. The van der Waals surface area contributed by atoms with Gasteiger partial charge in [-0.25, -0.2) is 0 Å². The lowest BCUT2D eigenvalue weighted by Crippen LogP contribution is -1.91. The van der Waals surface area contributed by atoms with Gasteiger partial charge in [-0.05, 0) is 165 Å². The summed E-state index contributed by atoms with van der Waals surface area (Å²) in [6.45, 7) is 0. The zero-order chi connectivity index (χ0) is 45.4. The van der Waals surface area contributed by atoms with Crippen molar-refractivity contribution in [3.05, 3.63) is 206 Å². The minimum absolute atomic E-state index is 1.18. The fourth-order valence-electron chi connectivity index (χ4n) is 11.6. The van der Waals surface area contributed by atoms with Crippen LogP contribution in [-0.2, 0) is 28.2 Å². The van der Waals surface area contributed by atoms with E-state index >= 15 is 0 Å². The van der Waals surface area contributed by atoms with Gasteiger partial charge in [0.1, 0.15) is 0 Å². The minimum atomic E-state index is 1.18. The van der Waals surface area contributed by atoms with E-state index in [1.54, 1.807) is 0 Å². The molecule has 10 aromatic carbocycles. The van der Waals surface area contributed by atoms with Gasteiger partial charge in [0.2, 0.25) is 0 Å². The molecule has 4 heterocycles. The van der Waals surface area contributed by atoms with E-state index in [0.717, 1.165) is 0 Å². The summed E-state index contributed by atoms with van der Waals surface area (Å²) in [5, 5.41) is 10.1. The van der Waals surface area contributed by atoms with Crippen molar-refractivity contribution in [2.45, 2.75) is 0 Å². The van der Waals surface area contributed by atoms with E-state index in [2.05, 4.69) is 253 Å². The van der Waals surface area contributed by atoms with Crippen molar-refractivity contribution >= 4 is 87.2 Å². The number of rotatable bonds is 5. The third-order valence-corrected chi connectivity index (χ3v) is 15.2. The molecule has 0 saturated carbocycles. The van der Waals surface area contributed by atoms with E-state index in [-0.39, 0.29) is 0 Å². The predicted molar refractivity (Wildman–Crippen MR) is 290 cm³/mol. The zero-order valence-electron chi connectivity index (χ0n) is 38.4. The molecular formula is C64H46N4. The molecule has 0 radical (unpaired) electrons. The Morgan fingerprint density at radius 3 is 0.603 bits per heavy atom. The Bertz CT molecular complexity index is 3870. The third kappa shape index (κ3) is 5.67. The first kappa shape index (κ1) is 38.6. The van der Waals surface area contributed by atoms with Crippen LogP contribution in [0.4, 0.5) is 0 Å². The van der Waals surface area contributed by atoms with Gasteiger partial charge in [-0.2, -0.15) is 0 Å². The molecule has 4 heteroatoms. The number of nitrogens with zero attached hydrogens (tertiary/aromatic N) is 4. The lowest BCUT2D eigenvalue weighted by molar-refractivity contribution is 1.01. The van der Waals surface area contributed by atoms with Crippen LogP contribution >= 0.6 is 0 Å². The van der Waals surface area contributed by atoms with Crippen LogP contribution in [0.3, 0.4) is 0 Å². The summed E-state index contributed by atoms with van der Waals surface area (Å²) < 4.78 is 9.25. The van der Waals surface area contributed by atoms with Crippen LogP contribution in [0, 0.1) is 0 Å². The Hall–Kier alpha value is -8.60. The normalized spacial score (nSPS) is 12.1. The van der Waals surface area contributed by atoms with Crippen molar-refractivity contribution in [2.75, 3.05) is 0 Å². The summed E-state index contributed by atoms with van der Waals surface area (Å²) in [5.74, 6) is 0. The molecule has 0 saturated heterocycles. The molecule has 0 unspecified atom stereocenters. The summed E-state index contributed by atoms with van der Waals surface area (Å²) in [6, 6.07) is 77.5. The van der Waals surface area contributed by atoms with Crippen molar-refractivity contribution < 1.29 is 0 Å². The van der Waals surface area contributed by atoms with Crippen molar-refractivity contribution in [1.29, 1.82) is 0 Å². The van der Waals surface area contributed by atoms with Gasteiger partial charge in [0.15, 0.2) is 0 Å². The first-order valence-electron chi connectivity index (χ1n) is 23.6. The molecule has 4 nitrogen and oxygen atoms in total. The summed E-state index contributed by atoms with van der Waals surface area (Å²) in [6.07, 6.45) is 0. The zero-order valence-corrected chi connectivity index (χ0v) is 38.4. The number of hydrogen-bond donors (Lipinski definition) is 0. The highest BCUT2D eigenvalue weighted by Crippen LogP contribution is 2.42. The van der Waals surface area contributed by atoms with Crippen LogP contribution in [0.2, 0.25) is 0 Å². The van der Waals surface area contributed by atoms with Gasteiger partial charge in [0.25, 0.3) is 0 Å². The van der Waals surface area contributed by atoms with Gasteiger partial charge in [-0.3, -0.25) is 0 Å². The maximum Gasteiger partial charge on any atom is 0.0489 e. The second-order valence-corrected chi connectivity index (χ2v) is 18.8. The monoisotopic (exact) mass is 870 g/mol. The molecule has 0 spiro atoms. The number of aryl methyl sites for hydroxylation is 4. The average molecular weight is 871 g/mol. The summed E-state index contributed by atoms with van der Waals surface area (Å²) >= 11 is 0. The highest BCUT2D eigenvalue weighted by atomic mass is 14.9. The van der Waals surface area contributed by atoms with Crippen LogP contribution in [0.15, 0.2) is 206 Å². The number of hydrogen-bond acceptors (Lipinski definition) is 0. The molecule has 14 rings (SSSR count). The molecule has 0 atom stereocenters. The Morgan fingerprint density at radius 1 is 0.176 bits per heavy atom. The third-order valence-electron chi connectivity index (χ3n) is 15.2. The van der Waals surface area contributed by atoms with Gasteiger partial charge in [0, 0.05) is 115 Å². The second-order valence-electron chi connectivity index (χ2n) is 18.8. The van der Waals surface area contributed by atoms with Gasteiger partial charge in [-0.1, -0.05) is 97.1 Å². The first-order valence-corrected chi connectivity index (χ1v) is 23.6. The summed E-state index contributed by atoms with van der Waals surface area (Å²) in [5.41, 5.74) is 21.8. The van der Waals surface area contributed by atoms with E-state index in [4.69, 9.17) is 0 Å².